The highest BCUT2D eigenvalue weighted by molar-refractivity contribution is 6.37. The molecule has 6 aliphatic heterocycles. The predicted molar refractivity (Wildman–Crippen MR) is 341 cm³/mol. The maximum Gasteiger partial charge on any atom is 0.319 e. The van der Waals surface area contributed by atoms with E-state index in [4.69, 9.17) is 47.6 Å². The molecule has 6 fully saturated rings. The summed E-state index contributed by atoms with van der Waals surface area (Å²) in [7, 11) is 0. The third kappa shape index (κ3) is 11.3. The molecule has 0 aliphatic carbocycles. The molecule has 1 unspecified atom stereocenters. The molecule has 2 N–H and O–H groups in total. The van der Waals surface area contributed by atoms with Gasteiger partial charge in [0.1, 0.15) is 59.6 Å². The smallest absolute Gasteiger partial charge is 0.319 e. The molecular weight excluding hydrogens is 1200 g/mol. The molecule has 22 heteroatoms. The number of benzene rings is 4. The van der Waals surface area contributed by atoms with Crippen LogP contribution in [0.1, 0.15) is 58.8 Å². The Morgan fingerprint density at radius 1 is 0.644 bits per heavy atom. The van der Waals surface area contributed by atoms with Gasteiger partial charge in [-0.15, -0.1) is 0 Å². The number of halogens is 6. The number of aromatic nitrogens is 6. The number of hydrogen-bond donors (Lipinski definition) is 2. The molecule has 466 valence electrons. The first kappa shape index (κ1) is 59.8. The summed E-state index contributed by atoms with van der Waals surface area (Å²) >= 11 is 13.5. The summed E-state index contributed by atoms with van der Waals surface area (Å²) in [4.78, 5) is 63.3. The van der Waals surface area contributed by atoms with Gasteiger partial charge in [0.15, 0.2) is 11.6 Å². The summed E-state index contributed by atoms with van der Waals surface area (Å²) < 4.78 is 78.1. The Balaban J connectivity index is 0.709. The summed E-state index contributed by atoms with van der Waals surface area (Å²) in [6, 6.07) is 21.2. The lowest BCUT2D eigenvalue weighted by atomic mass is 9.90. The van der Waals surface area contributed by atoms with Gasteiger partial charge in [0, 0.05) is 115 Å². The molecule has 6 saturated heterocycles. The number of fused-ring (bicyclic) bond motifs is 6. The van der Waals surface area contributed by atoms with Gasteiger partial charge in [0.2, 0.25) is 11.8 Å². The Kier molecular flexibility index (Phi) is 16.0. The van der Waals surface area contributed by atoms with Gasteiger partial charge in [-0.25, -0.2) is 17.6 Å². The molecule has 4 aromatic carbocycles. The van der Waals surface area contributed by atoms with E-state index in [1.807, 2.05) is 54.6 Å². The van der Waals surface area contributed by atoms with Gasteiger partial charge < -0.3 is 29.9 Å². The maximum atomic E-state index is 17.3. The highest BCUT2D eigenvalue weighted by Crippen LogP contribution is 2.46. The first-order valence-corrected chi connectivity index (χ1v) is 31.8. The number of nitrogens with zero attached hydrogens (tertiary/aromatic N) is 10. The van der Waals surface area contributed by atoms with Crippen molar-refractivity contribution in [3.8, 4) is 34.5 Å². The Labute approximate surface area is 528 Å². The largest absolute Gasteiger partial charge is 0.461 e. The molecular formula is C68H68Cl2F4N12O4. The normalized spacial score (nSPS) is 26.2. The second-order valence-corrected chi connectivity index (χ2v) is 26.6. The summed E-state index contributed by atoms with van der Waals surface area (Å²) in [5, 5.41) is 11.5. The fourth-order valence-electron chi connectivity index (χ4n) is 15.4. The Morgan fingerprint density at radius 2 is 1.14 bits per heavy atom. The zero-order valence-corrected chi connectivity index (χ0v) is 51.5. The molecule has 6 aliphatic rings. The number of anilines is 2. The van der Waals surface area contributed by atoms with Gasteiger partial charge in [0.25, 0.3) is 0 Å². The number of rotatable bonds is 15. The third-order valence-electron chi connectivity index (χ3n) is 19.3. The van der Waals surface area contributed by atoms with Crippen LogP contribution in [0.15, 0.2) is 110 Å². The van der Waals surface area contributed by atoms with E-state index in [0.717, 1.165) is 30.2 Å². The van der Waals surface area contributed by atoms with Gasteiger partial charge >= 0.3 is 12.0 Å². The summed E-state index contributed by atoms with van der Waals surface area (Å²) in [5.74, 6) is -1.18. The van der Waals surface area contributed by atoms with Crippen LogP contribution in [0.2, 0.25) is 10.0 Å². The third-order valence-corrected chi connectivity index (χ3v) is 20.0. The molecule has 9 atom stereocenters. The molecule has 0 bridgehead atoms. The highest BCUT2D eigenvalue weighted by atomic mass is 35.5. The van der Waals surface area contributed by atoms with Crippen LogP contribution in [0.5, 0.6) is 12.0 Å². The minimum atomic E-state index is -1.14. The second kappa shape index (κ2) is 24.1. The molecule has 0 spiro atoms. The van der Waals surface area contributed by atoms with Crippen LogP contribution in [-0.4, -0.2) is 162 Å². The van der Waals surface area contributed by atoms with Crippen molar-refractivity contribution < 1.29 is 36.6 Å². The number of ether oxygens (including phenoxy) is 2. The fourth-order valence-corrected chi connectivity index (χ4v) is 16.0. The lowest BCUT2D eigenvalue weighted by molar-refractivity contribution is -0.128. The van der Waals surface area contributed by atoms with Gasteiger partial charge in [-0.3, -0.25) is 29.4 Å². The minimum Gasteiger partial charge on any atom is -0.461 e. The number of amides is 2. The summed E-state index contributed by atoms with van der Waals surface area (Å²) in [6.07, 6.45) is 9.77. The molecule has 8 aromatic rings. The first-order chi connectivity index (χ1) is 43.5. The molecule has 0 saturated carbocycles. The number of carbonyl (C=O) groups is 2. The van der Waals surface area contributed by atoms with E-state index in [9.17, 15) is 14.0 Å². The van der Waals surface area contributed by atoms with Crippen LogP contribution in [0, 0.1) is 29.4 Å². The number of pyridine rings is 2. The van der Waals surface area contributed by atoms with Gasteiger partial charge in [0.05, 0.1) is 21.9 Å². The van der Waals surface area contributed by atoms with Gasteiger partial charge in [-0.2, -0.15) is 19.9 Å². The summed E-state index contributed by atoms with van der Waals surface area (Å²) in [6.45, 7) is 11.4. The van der Waals surface area contributed by atoms with Crippen LogP contribution >= 0.6 is 23.2 Å². The fraction of sp³-hybridized carbons (Fsp3) is 0.412. The number of alkyl halides is 2. The van der Waals surface area contributed by atoms with Crippen molar-refractivity contribution in [2.24, 2.45) is 17.8 Å². The van der Waals surface area contributed by atoms with Crippen molar-refractivity contribution in [3.63, 3.8) is 0 Å². The number of piperidine rings is 2. The lowest BCUT2D eigenvalue weighted by Crippen LogP contribution is -2.48. The monoisotopic (exact) mass is 1260 g/mol. The molecule has 90 heavy (non-hydrogen) atoms. The molecule has 4 aromatic heterocycles. The van der Waals surface area contributed by atoms with E-state index in [0.29, 0.717) is 113 Å². The Morgan fingerprint density at radius 3 is 1.69 bits per heavy atom. The van der Waals surface area contributed by atoms with Gasteiger partial charge in [-0.05, 0) is 91.5 Å². The molecule has 16 nitrogen and oxygen atoms in total. The Bertz CT molecular complexity index is 4200. The van der Waals surface area contributed by atoms with Crippen LogP contribution < -0.4 is 20.1 Å². The second-order valence-electron chi connectivity index (χ2n) is 25.8. The molecule has 2 amide bonds. The number of likely N-dealkylation sites (tertiary alicyclic amines) is 2. The first-order valence-electron chi connectivity index (χ1n) is 31.0. The van der Waals surface area contributed by atoms with E-state index in [1.54, 1.807) is 46.3 Å². The number of carbonyl (C=O) groups excluding carboxylic acids is 2. The van der Waals surface area contributed by atoms with E-state index in [1.165, 1.54) is 12.3 Å². The minimum absolute atomic E-state index is 0.0121. The quantitative estimate of drug-likeness (QED) is 0.0735. The molecule has 10 heterocycles. The number of hydrogen-bond acceptors (Lipinski definition) is 14. The van der Waals surface area contributed by atoms with Crippen molar-refractivity contribution >= 4 is 90.0 Å². The van der Waals surface area contributed by atoms with Crippen molar-refractivity contribution in [1.82, 2.24) is 49.5 Å². The average molecular weight is 1260 g/mol. The number of nitrogens with one attached hydrogen (secondary N) is 2. The Hall–Kier alpha value is -7.78. The van der Waals surface area contributed by atoms with Crippen LogP contribution in [0.3, 0.4) is 0 Å². The zero-order valence-electron chi connectivity index (χ0n) is 50.0. The van der Waals surface area contributed by atoms with E-state index in [2.05, 4.69) is 55.8 Å². The lowest BCUT2D eigenvalue weighted by Gasteiger charge is -2.36. The van der Waals surface area contributed by atoms with Crippen LogP contribution in [0.25, 0.3) is 65.9 Å². The standard InChI is InChI=1S/C68H68Cl2F4N12O4/c1-4-53(87)83-29-38(2)22-45(34-83)77-63-50-28-76-60(48-15-6-11-42-13-8-17-52(70)56(42)48)58(74)62(50)80-66(82-63)90-37-68-24-40(31-86(68)33-44(72)26-68)18-19-54(88)84-30-39(3)23-46(35-84)78-64-49-27-75-59(47-14-5-10-41-12-7-16-51(69)55(41)47)57(73)61(49)79-65(81-64)89-36-67-20-9-21-85(67)32-43(71)25-67/h4-8,10-19,27-28,38-40,43-46H,1,9,20-26,29-37H2,2-3H3,(H,77,80,82)(H,78,79,81)/b19-18+/t38-,39+,40?,43+,44+,45+,46-,67-,68-/m0/s1. The van der Waals surface area contributed by atoms with Crippen LogP contribution in [-0.2, 0) is 9.59 Å². The topological polar surface area (TPSA) is 167 Å². The van der Waals surface area contributed by atoms with Crippen LogP contribution in [0.4, 0.5) is 29.2 Å². The van der Waals surface area contributed by atoms with E-state index < -0.39 is 35.1 Å². The van der Waals surface area contributed by atoms with E-state index in [-0.39, 0.29) is 108 Å². The van der Waals surface area contributed by atoms with Crippen molar-refractivity contribution in [1.29, 1.82) is 0 Å². The average Bonchev–Trinajstić information content (AvgIpc) is 1.35. The zero-order chi connectivity index (χ0) is 62.2. The summed E-state index contributed by atoms with van der Waals surface area (Å²) in [5.41, 5.74) is -0.279. The highest BCUT2D eigenvalue weighted by Gasteiger charge is 2.53. The van der Waals surface area contributed by atoms with Crippen molar-refractivity contribution in [2.45, 2.75) is 94.3 Å². The maximum absolute atomic E-state index is 17.3. The van der Waals surface area contributed by atoms with Gasteiger partial charge in [-0.1, -0.05) is 110 Å². The molecule has 0 radical (unpaired) electrons. The van der Waals surface area contributed by atoms with Crippen molar-refractivity contribution in [2.75, 3.05) is 76.2 Å². The predicted octanol–water partition coefficient (Wildman–Crippen LogP) is 12.5. The SMILES string of the molecule is C=CC(=O)N1C[C@@H](C)C[C@@H](Nc2nc(OC[C@@]34CC(/C=C/C(=O)N5C[C@H](C)C[C@H](Nc6nc(OC[C@@]78CCCN7C[C@H](F)C8)nc7c(F)c(-c8cccc9cccc(Cl)c89)ncc67)C5)CN3C[C@H](F)C4)nc3c(F)c(-c4cccc5cccc(Cl)c45)ncc23)C1. The van der Waals surface area contributed by atoms with Crippen molar-refractivity contribution in [3.05, 3.63) is 132 Å². The molecule has 14 rings (SSSR count). The van der Waals surface area contributed by atoms with E-state index >= 15 is 13.2 Å².